The largest absolute Gasteiger partial charge is 0.388 e. The molecule has 84 valence electrons. The van der Waals surface area contributed by atoms with Gasteiger partial charge in [-0.05, 0) is 31.6 Å². The first-order valence-electron chi connectivity index (χ1n) is 5.40. The van der Waals surface area contributed by atoms with Gasteiger partial charge in [0.05, 0.1) is 5.60 Å². The Morgan fingerprint density at radius 1 is 1.60 bits per heavy atom. The molecule has 0 atom stereocenters. The molecule has 1 saturated carbocycles. The van der Waals surface area contributed by atoms with Gasteiger partial charge in [-0.1, -0.05) is 18.3 Å². The number of anilines is 1. The molecule has 0 bridgehead atoms. The van der Waals surface area contributed by atoms with E-state index in [9.17, 15) is 5.11 Å². The van der Waals surface area contributed by atoms with Gasteiger partial charge in [0.15, 0.2) is 0 Å². The van der Waals surface area contributed by atoms with Gasteiger partial charge in [-0.25, -0.2) is 0 Å². The van der Waals surface area contributed by atoms with Gasteiger partial charge in [0.2, 0.25) is 5.13 Å². The van der Waals surface area contributed by atoms with Gasteiger partial charge in [0.1, 0.15) is 5.51 Å². The highest BCUT2D eigenvalue weighted by atomic mass is 32.1. The highest BCUT2D eigenvalue weighted by molar-refractivity contribution is 7.13. The molecule has 1 aromatic heterocycles. The second-order valence-electron chi connectivity index (χ2n) is 4.50. The molecule has 0 amide bonds. The molecular formula is C10H17N3OS. The number of nitrogens with one attached hydrogen (secondary N) is 1. The van der Waals surface area contributed by atoms with Crippen molar-refractivity contribution in [2.45, 2.75) is 38.2 Å². The standard InChI is InChI=1S/C10H17N3OS/c1-8-2-4-10(14,5-3-8)6-11-9-13-12-7-15-9/h7-8,14H,2-6H2,1H3,(H,11,13). The van der Waals surface area contributed by atoms with Crippen molar-refractivity contribution in [1.29, 1.82) is 0 Å². The summed E-state index contributed by atoms with van der Waals surface area (Å²) < 4.78 is 0. The van der Waals surface area contributed by atoms with Gasteiger partial charge in [-0.3, -0.25) is 0 Å². The van der Waals surface area contributed by atoms with Gasteiger partial charge in [-0.2, -0.15) is 0 Å². The van der Waals surface area contributed by atoms with E-state index in [1.54, 1.807) is 5.51 Å². The molecular weight excluding hydrogens is 210 g/mol. The second-order valence-corrected chi connectivity index (χ2v) is 5.34. The molecule has 0 spiro atoms. The molecule has 1 heterocycles. The molecule has 2 rings (SSSR count). The van der Waals surface area contributed by atoms with Gasteiger partial charge in [-0.15, -0.1) is 10.2 Å². The summed E-state index contributed by atoms with van der Waals surface area (Å²) in [7, 11) is 0. The molecule has 0 radical (unpaired) electrons. The Morgan fingerprint density at radius 2 is 2.33 bits per heavy atom. The van der Waals surface area contributed by atoms with Crippen LogP contribution < -0.4 is 5.32 Å². The van der Waals surface area contributed by atoms with Crippen LogP contribution in [-0.2, 0) is 0 Å². The van der Waals surface area contributed by atoms with E-state index in [1.165, 1.54) is 11.3 Å². The third-order valence-corrected chi connectivity index (χ3v) is 3.78. The molecule has 0 unspecified atom stereocenters. The van der Waals surface area contributed by atoms with Crippen LogP contribution in [0.5, 0.6) is 0 Å². The van der Waals surface area contributed by atoms with E-state index in [2.05, 4.69) is 22.4 Å². The lowest BCUT2D eigenvalue weighted by atomic mass is 9.79. The van der Waals surface area contributed by atoms with Crippen LogP contribution in [0.2, 0.25) is 0 Å². The molecule has 1 aromatic rings. The minimum Gasteiger partial charge on any atom is -0.388 e. The highest BCUT2D eigenvalue weighted by Gasteiger charge is 2.31. The third kappa shape index (κ3) is 2.89. The Hall–Kier alpha value is -0.680. The summed E-state index contributed by atoms with van der Waals surface area (Å²) in [5, 5.41) is 21.9. The molecule has 1 fully saturated rings. The number of hydrogen-bond acceptors (Lipinski definition) is 5. The Morgan fingerprint density at radius 3 is 2.93 bits per heavy atom. The Bertz CT molecular complexity index is 294. The first kappa shape index (κ1) is 10.8. The predicted octanol–water partition coefficient (Wildman–Crippen LogP) is 1.89. The highest BCUT2D eigenvalue weighted by Crippen LogP contribution is 2.31. The zero-order valence-corrected chi connectivity index (χ0v) is 9.76. The van der Waals surface area contributed by atoms with Crippen LogP contribution in [0.15, 0.2) is 5.51 Å². The normalized spacial score (nSPS) is 31.5. The SMILES string of the molecule is CC1CCC(O)(CNc2nncs2)CC1. The minimum atomic E-state index is -0.543. The Kier molecular flexibility index (Phi) is 3.21. The summed E-state index contributed by atoms with van der Waals surface area (Å²) in [6.07, 6.45) is 4.02. The fourth-order valence-electron chi connectivity index (χ4n) is 1.97. The maximum absolute atomic E-state index is 10.3. The van der Waals surface area contributed by atoms with Crippen molar-refractivity contribution < 1.29 is 5.11 Å². The van der Waals surface area contributed by atoms with Crippen LogP contribution in [0.3, 0.4) is 0 Å². The molecule has 1 aliphatic rings. The lowest BCUT2D eigenvalue weighted by molar-refractivity contribution is 0.00500. The summed E-state index contributed by atoms with van der Waals surface area (Å²) in [6, 6.07) is 0. The molecule has 2 N–H and O–H groups in total. The average molecular weight is 227 g/mol. The van der Waals surface area contributed by atoms with Crippen molar-refractivity contribution in [3.63, 3.8) is 0 Å². The molecule has 15 heavy (non-hydrogen) atoms. The van der Waals surface area contributed by atoms with Crippen LogP contribution in [0.4, 0.5) is 5.13 Å². The van der Waals surface area contributed by atoms with Crippen molar-refractivity contribution in [3.8, 4) is 0 Å². The topological polar surface area (TPSA) is 58.0 Å². The first-order chi connectivity index (χ1) is 7.18. The summed E-state index contributed by atoms with van der Waals surface area (Å²) in [4.78, 5) is 0. The zero-order chi connectivity index (χ0) is 10.7. The number of aliphatic hydroxyl groups is 1. The van der Waals surface area contributed by atoms with Crippen molar-refractivity contribution in [2.75, 3.05) is 11.9 Å². The van der Waals surface area contributed by atoms with E-state index in [0.717, 1.165) is 36.7 Å². The van der Waals surface area contributed by atoms with E-state index in [-0.39, 0.29) is 0 Å². The van der Waals surface area contributed by atoms with E-state index >= 15 is 0 Å². The van der Waals surface area contributed by atoms with Crippen LogP contribution in [0.1, 0.15) is 32.6 Å². The lowest BCUT2D eigenvalue weighted by Crippen LogP contribution is -2.40. The predicted molar refractivity (Wildman–Crippen MR) is 61.0 cm³/mol. The summed E-state index contributed by atoms with van der Waals surface area (Å²) in [5.41, 5.74) is 1.15. The van der Waals surface area contributed by atoms with Crippen molar-refractivity contribution >= 4 is 16.5 Å². The van der Waals surface area contributed by atoms with E-state index in [1.807, 2.05) is 0 Å². The Labute approximate surface area is 93.7 Å². The van der Waals surface area contributed by atoms with Crippen molar-refractivity contribution in [1.82, 2.24) is 10.2 Å². The fraction of sp³-hybridized carbons (Fsp3) is 0.800. The zero-order valence-electron chi connectivity index (χ0n) is 8.94. The third-order valence-electron chi connectivity index (χ3n) is 3.13. The van der Waals surface area contributed by atoms with Gasteiger partial charge in [0.25, 0.3) is 0 Å². The molecule has 0 aromatic carbocycles. The number of aromatic nitrogens is 2. The lowest BCUT2D eigenvalue weighted by Gasteiger charge is -2.34. The van der Waals surface area contributed by atoms with Crippen LogP contribution in [0, 0.1) is 5.92 Å². The Balaban J connectivity index is 1.83. The summed E-state index contributed by atoms with van der Waals surface area (Å²) in [5.74, 6) is 0.756. The summed E-state index contributed by atoms with van der Waals surface area (Å²) in [6.45, 7) is 2.84. The molecule has 0 aliphatic heterocycles. The van der Waals surface area contributed by atoms with E-state index in [0.29, 0.717) is 6.54 Å². The second kappa shape index (κ2) is 4.45. The molecule has 5 heteroatoms. The molecule has 1 aliphatic carbocycles. The summed E-state index contributed by atoms with van der Waals surface area (Å²) >= 11 is 1.47. The fourth-order valence-corrected chi connectivity index (χ4v) is 2.41. The van der Waals surface area contributed by atoms with Crippen molar-refractivity contribution in [3.05, 3.63) is 5.51 Å². The molecule has 0 saturated heterocycles. The van der Waals surface area contributed by atoms with Crippen LogP contribution in [-0.4, -0.2) is 27.4 Å². The minimum absolute atomic E-state index is 0.543. The monoisotopic (exact) mass is 227 g/mol. The maximum atomic E-state index is 10.3. The van der Waals surface area contributed by atoms with E-state index in [4.69, 9.17) is 0 Å². The van der Waals surface area contributed by atoms with Gasteiger partial charge >= 0.3 is 0 Å². The molecule has 4 nitrogen and oxygen atoms in total. The number of rotatable bonds is 3. The van der Waals surface area contributed by atoms with Crippen LogP contribution in [0.25, 0.3) is 0 Å². The number of hydrogen-bond donors (Lipinski definition) is 2. The first-order valence-corrected chi connectivity index (χ1v) is 6.28. The average Bonchev–Trinajstić information content (AvgIpc) is 2.73. The number of nitrogens with zero attached hydrogens (tertiary/aromatic N) is 2. The smallest absolute Gasteiger partial charge is 0.205 e. The van der Waals surface area contributed by atoms with Gasteiger partial charge < -0.3 is 10.4 Å². The van der Waals surface area contributed by atoms with Gasteiger partial charge in [0, 0.05) is 6.54 Å². The maximum Gasteiger partial charge on any atom is 0.205 e. The van der Waals surface area contributed by atoms with E-state index < -0.39 is 5.60 Å². The van der Waals surface area contributed by atoms with Crippen molar-refractivity contribution in [2.24, 2.45) is 5.92 Å². The quantitative estimate of drug-likeness (QED) is 0.828. The van der Waals surface area contributed by atoms with Crippen LogP contribution >= 0.6 is 11.3 Å².